The lowest BCUT2D eigenvalue weighted by molar-refractivity contribution is 0.101. The molecule has 2 aromatic carbocycles. The van der Waals surface area contributed by atoms with Gasteiger partial charge in [-0.2, -0.15) is 0 Å². The number of hydrogen-bond acceptors (Lipinski definition) is 3. The highest BCUT2D eigenvalue weighted by atomic mass is 19.1. The van der Waals surface area contributed by atoms with E-state index in [4.69, 9.17) is 4.42 Å². The zero-order valence-electron chi connectivity index (χ0n) is 13.1. The van der Waals surface area contributed by atoms with E-state index in [1.807, 2.05) is 6.92 Å². The van der Waals surface area contributed by atoms with Crippen LogP contribution in [0.5, 0.6) is 0 Å². The molecule has 0 spiro atoms. The van der Waals surface area contributed by atoms with Gasteiger partial charge in [-0.25, -0.2) is 13.8 Å². The lowest BCUT2D eigenvalue weighted by Gasteiger charge is -2.07. The van der Waals surface area contributed by atoms with E-state index in [1.54, 1.807) is 31.2 Å². The summed E-state index contributed by atoms with van der Waals surface area (Å²) in [5.41, 5.74) is 1.37. The Hall–Kier alpha value is -3.02. The van der Waals surface area contributed by atoms with Gasteiger partial charge >= 0.3 is 0 Å². The maximum Gasteiger partial charge on any atom is 0.261 e. The molecule has 0 saturated heterocycles. The van der Waals surface area contributed by atoms with Gasteiger partial charge in [0.15, 0.2) is 11.7 Å². The standard InChI is InChI=1S/C18H14F2N2O2/c1-10-17(24-11(2)21-10)12-6-8-13(9-7-12)22-18(23)16-14(19)4-3-5-15(16)20/h3-9H,1-2H3,(H,22,23). The average Bonchev–Trinajstić information content (AvgIpc) is 2.86. The molecule has 4 nitrogen and oxygen atoms in total. The predicted octanol–water partition coefficient (Wildman–Crippen LogP) is 4.49. The van der Waals surface area contributed by atoms with Gasteiger partial charge in [0.2, 0.25) is 0 Å². The molecule has 1 heterocycles. The first-order valence-corrected chi connectivity index (χ1v) is 7.25. The number of benzene rings is 2. The number of nitrogens with one attached hydrogen (secondary N) is 1. The Kier molecular flexibility index (Phi) is 4.12. The number of nitrogens with zero attached hydrogens (tertiary/aromatic N) is 1. The number of aryl methyl sites for hydroxylation is 2. The Labute approximate surface area is 137 Å². The van der Waals surface area contributed by atoms with Crippen molar-refractivity contribution in [2.75, 3.05) is 5.32 Å². The van der Waals surface area contributed by atoms with Crippen LogP contribution in [0.2, 0.25) is 0 Å². The monoisotopic (exact) mass is 328 g/mol. The first-order valence-electron chi connectivity index (χ1n) is 7.25. The van der Waals surface area contributed by atoms with Gasteiger partial charge in [-0.15, -0.1) is 0 Å². The second-order valence-corrected chi connectivity index (χ2v) is 5.28. The second-order valence-electron chi connectivity index (χ2n) is 5.28. The van der Waals surface area contributed by atoms with E-state index in [-0.39, 0.29) is 0 Å². The summed E-state index contributed by atoms with van der Waals surface area (Å²) < 4.78 is 32.8. The number of amides is 1. The number of rotatable bonds is 3. The molecule has 0 aliphatic rings. The zero-order valence-corrected chi connectivity index (χ0v) is 13.1. The first-order chi connectivity index (χ1) is 11.5. The fourth-order valence-electron chi connectivity index (χ4n) is 2.41. The normalized spacial score (nSPS) is 10.7. The minimum atomic E-state index is -0.906. The molecule has 1 amide bonds. The molecule has 3 aromatic rings. The van der Waals surface area contributed by atoms with Crippen molar-refractivity contribution < 1.29 is 18.0 Å². The Bertz CT molecular complexity index is 882. The number of aromatic nitrogens is 1. The fraction of sp³-hybridized carbons (Fsp3) is 0.111. The van der Waals surface area contributed by atoms with Crippen LogP contribution in [0.3, 0.4) is 0 Å². The van der Waals surface area contributed by atoms with Crippen molar-refractivity contribution in [3.05, 3.63) is 71.2 Å². The molecule has 0 aliphatic carbocycles. The highest BCUT2D eigenvalue weighted by Crippen LogP contribution is 2.26. The maximum absolute atomic E-state index is 13.6. The van der Waals surface area contributed by atoms with E-state index in [2.05, 4.69) is 10.3 Å². The van der Waals surface area contributed by atoms with Gasteiger partial charge in [0.25, 0.3) is 5.91 Å². The van der Waals surface area contributed by atoms with E-state index in [0.29, 0.717) is 17.3 Å². The molecule has 6 heteroatoms. The van der Waals surface area contributed by atoms with Gasteiger partial charge in [-0.3, -0.25) is 4.79 Å². The van der Waals surface area contributed by atoms with Gasteiger partial charge < -0.3 is 9.73 Å². The van der Waals surface area contributed by atoms with Crippen LogP contribution < -0.4 is 5.32 Å². The van der Waals surface area contributed by atoms with Crippen LogP contribution >= 0.6 is 0 Å². The summed E-state index contributed by atoms with van der Waals surface area (Å²) in [5.74, 6) is -1.45. The smallest absolute Gasteiger partial charge is 0.261 e. The molecule has 1 N–H and O–H groups in total. The second kappa shape index (κ2) is 6.23. The van der Waals surface area contributed by atoms with Gasteiger partial charge in [-0.1, -0.05) is 6.07 Å². The van der Waals surface area contributed by atoms with Crippen LogP contribution in [0, 0.1) is 25.5 Å². The highest BCUT2D eigenvalue weighted by Gasteiger charge is 2.17. The van der Waals surface area contributed by atoms with Gasteiger partial charge in [0, 0.05) is 18.2 Å². The Morgan fingerprint density at radius 1 is 1.04 bits per heavy atom. The third-order valence-corrected chi connectivity index (χ3v) is 3.50. The molecule has 1 aromatic heterocycles. The summed E-state index contributed by atoms with van der Waals surface area (Å²) in [4.78, 5) is 16.2. The van der Waals surface area contributed by atoms with Crippen molar-refractivity contribution in [1.29, 1.82) is 0 Å². The van der Waals surface area contributed by atoms with Crippen molar-refractivity contribution >= 4 is 11.6 Å². The Morgan fingerprint density at radius 2 is 1.67 bits per heavy atom. The fourth-order valence-corrected chi connectivity index (χ4v) is 2.41. The quantitative estimate of drug-likeness (QED) is 0.771. The zero-order chi connectivity index (χ0) is 17.3. The van der Waals surface area contributed by atoms with Crippen molar-refractivity contribution in [2.24, 2.45) is 0 Å². The van der Waals surface area contributed by atoms with E-state index in [0.717, 1.165) is 23.4 Å². The topological polar surface area (TPSA) is 55.1 Å². The molecule has 0 aliphatic heterocycles. The van der Waals surface area contributed by atoms with Crippen LogP contribution in [0.4, 0.5) is 14.5 Å². The van der Waals surface area contributed by atoms with Crippen LogP contribution in [0.15, 0.2) is 46.9 Å². The summed E-state index contributed by atoms with van der Waals surface area (Å²) in [6, 6.07) is 10.0. The summed E-state index contributed by atoms with van der Waals surface area (Å²) in [6.45, 7) is 3.59. The molecule has 0 unspecified atom stereocenters. The van der Waals surface area contributed by atoms with Crippen molar-refractivity contribution in [2.45, 2.75) is 13.8 Å². The van der Waals surface area contributed by atoms with Gasteiger partial charge in [-0.05, 0) is 43.3 Å². The lowest BCUT2D eigenvalue weighted by atomic mass is 10.1. The average molecular weight is 328 g/mol. The van der Waals surface area contributed by atoms with E-state index in [9.17, 15) is 13.6 Å². The Balaban J connectivity index is 1.82. The highest BCUT2D eigenvalue weighted by molar-refractivity contribution is 6.04. The molecule has 0 bridgehead atoms. The largest absolute Gasteiger partial charge is 0.441 e. The summed E-state index contributed by atoms with van der Waals surface area (Å²) in [6.07, 6.45) is 0. The molecular weight excluding hydrogens is 314 g/mol. The van der Waals surface area contributed by atoms with Crippen LogP contribution in [0.25, 0.3) is 11.3 Å². The minimum absolute atomic E-state index is 0.417. The molecular formula is C18H14F2N2O2. The SMILES string of the molecule is Cc1nc(C)c(-c2ccc(NC(=O)c3c(F)cccc3F)cc2)o1. The summed E-state index contributed by atoms with van der Waals surface area (Å²) in [7, 11) is 0. The molecule has 0 fully saturated rings. The van der Waals surface area contributed by atoms with E-state index in [1.165, 1.54) is 6.07 Å². The number of hydrogen-bond donors (Lipinski definition) is 1. The maximum atomic E-state index is 13.6. The van der Waals surface area contributed by atoms with Crippen molar-refractivity contribution in [1.82, 2.24) is 4.98 Å². The van der Waals surface area contributed by atoms with Crippen molar-refractivity contribution in [3.63, 3.8) is 0 Å². The number of carbonyl (C=O) groups excluding carboxylic acids is 1. The Morgan fingerprint density at radius 3 is 2.21 bits per heavy atom. The predicted molar refractivity (Wildman–Crippen MR) is 85.7 cm³/mol. The van der Waals surface area contributed by atoms with Gasteiger partial charge in [0.05, 0.1) is 5.69 Å². The molecule has 0 saturated carbocycles. The molecule has 122 valence electrons. The lowest BCUT2D eigenvalue weighted by Crippen LogP contribution is -2.15. The van der Waals surface area contributed by atoms with E-state index >= 15 is 0 Å². The summed E-state index contributed by atoms with van der Waals surface area (Å²) >= 11 is 0. The van der Waals surface area contributed by atoms with Crippen molar-refractivity contribution in [3.8, 4) is 11.3 Å². The number of carbonyl (C=O) groups is 1. The first kappa shape index (κ1) is 15.9. The van der Waals surface area contributed by atoms with Crippen LogP contribution in [-0.2, 0) is 0 Å². The minimum Gasteiger partial charge on any atom is -0.441 e. The number of halogens is 2. The molecule has 0 atom stereocenters. The third kappa shape index (κ3) is 3.03. The van der Waals surface area contributed by atoms with Crippen LogP contribution in [0.1, 0.15) is 21.9 Å². The number of oxazole rings is 1. The third-order valence-electron chi connectivity index (χ3n) is 3.50. The molecule has 3 rings (SSSR count). The van der Waals surface area contributed by atoms with Gasteiger partial charge in [0.1, 0.15) is 17.2 Å². The van der Waals surface area contributed by atoms with E-state index < -0.39 is 23.1 Å². The summed E-state index contributed by atoms with van der Waals surface area (Å²) in [5, 5.41) is 2.47. The number of anilines is 1. The van der Waals surface area contributed by atoms with Crippen LogP contribution in [-0.4, -0.2) is 10.9 Å². The molecule has 24 heavy (non-hydrogen) atoms. The molecule has 0 radical (unpaired) electrons.